The van der Waals surface area contributed by atoms with Crippen molar-refractivity contribution >= 4 is 60.2 Å². The number of alkyl halides is 3. The molecule has 4 amide bonds. The first-order valence-corrected chi connectivity index (χ1v) is 24.0. The van der Waals surface area contributed by atoms with Crippen LogP contribution in [-0.4, -0.2) is 109 Å². The van der Waals surface area contributed by atoms with Gasteiger partial charge in [-0.15, -0.1) is 0 Å². The van der Waals surface area contributed by atoms with Crippen LogP contribution in [0.3, 0.4) is 0 Å². The predicted molar refractivity (Wildman–Crippen MR) is 229 cm³/mol. The minimum Gasteiger partial charge on any atom is -0.444 e. The zero-order chi connectivity index (χ0) is 45.3. The number of carbonyl (C=O) groups excluding carboxylic acids is 4. The van der Waals surface area contributed by atoms with E-state index in [2.05, 4.69) is 40.0 Å². The van der Waals surface area contributed by atoms with E-state index in [1.807, 2.05) is 4.57 Å². The quantitative estimate of drug-likeness (QED) is 0.0931. The number of imidazole rings is 1. The lowest BCUT2D eigenvalue weighted by atomic mass is 10.1. The molecular weight excluding hydrogens is 849 g/mol. The van der Waals surface area contributed by atoms with Crippen molar-refractivity contribution in [1.29, 1.82) is 0 Å². The number of nitrogens with one attached hydrogen (secondary N) is 1. The third-order valence-electron chi connectivity index (χ3n) is 10.0. The average Bonchev–Trinajstić information content (AvgIpc) is 3.89. The van der Waals surface area contributed by atoms with Gasteiger partial charge in [-0.05, 0) is 69.6 Å². The van der Waals surface area contributed by atoms with E-state index in [1.54, 1.807) is 37.8 Å². The normalized spacial score (nSPS) is 13.8. The van der Waals surface area contributed by atoms with Gasteiger partial charge in [0.15, 0.2) is 17.3 Å². The van der Waals surface area contributed by atoms with Crippen molar-refractivity contribution in [2.75, 3.05) is 38.1 Å². The van der Waals surface area contributed by atoms with Crippen molar-refractivity contribution in [3.63, 3.8) is 0 Å². The molecule has 0 radical (unpaired) electrons. The zero-order valence-electron chi connectivity index (χ0n) is 35.6. The minimum atomic E-state index is -4.89. The SMILES string of the molecule is Cn1c(-c2cn(-c3ccc4c(cc(CCC(N)=O)n4COCC[Si](C)(C)C)n3)nc2C(F)(F)F)cnc1C(=O)Nc1ccc(C(=O)N2CCN(C(=O)OC(C)(C)C)CC2)c(Cl)c1. The molecule has 0 saturated carbocycles. The molecule has 0 bridgehead atoms. The van der Waals surface area contributed by atoms with Gasteiger partial charge in [0.05, 0.1) is 39.1 Å². The van der Waals surface area contributed by atoms with Crippen molar-refractivity contribution in [3.8, 4) is 17.1 Å². The van der Waals surface area contributed by atoms with Crippen LogP contribution in [0.2, 0.25) is 30.7 Å². The molecule has 21 heteroatoms. The number of fused-ring (bicyclic) bond motifs is 1. The Morgan fingerprint density at radius 3 is 2.31 bits per heavy atom. The van der Waals surface area contributed by atoms with E-state index in [9.17, 15) is 32.3 Å². The molecule has 6 rings (SSSR count). The number of aryl methyl sites for hydroxylation is 1. The fraction of sp³-hybridized carbons (Fsp3) is 0.439. The van der Waals surface area contributed by atoms with E-state index in [4.69, 9.17) is 26.8 Å². The maximum Gasteiger partial charge on any atom is 0.435 e. The smallest absolute Gasteiger partial charge is 0.435 e. The highest BCUT2D eigenvalue weighted by molar-refractivity contribution is 6.76. The molecule has 1 saturated heterocycles. The molecule has 0 spiro atoms. The van der Waals surface area contributed by atoms with Gasteiger partial charge in [-0.1, -0.05) is 31.2 Å². The lowest BCUT2D eigenvalue weighted by Gasteiger charge is -2.35. The molecule has 0 unspecified atom stereocenters. The second-order valence-corrected chi connectivity index (χ2v) is 23.2. The van der Waals surface area contributed by atoms with Gasteiger partial charge in [-0.2, -0.15) is 18.3 Å². The first kappa shape index (κ1) is 45.8. The number of rotatable bonds is 13. The van der Waals surface area contributed by atoms with Gasteiger partial charge < -0.3 is 39.5 Å². The summed E-state index contributed by atoms with van der Waals surface area (Å²) in [7, 11) is 0.0476. The molecule has 1 aliphatic heterocycles. The number of primary amides is 1. The van der Waals surface area contributed by atoms with Gasteiger partial charge in [0.1, 0.15) is 12.3 Å². The van der Waals surface area contributed by atoms with Crippen LogP contribution in [0.15, 0.2) is 48.8 Å². The van der Waals surface area contributed by atoms with E-state index in [0.717, 1.165) is 22.6 Å². The Morgan fingerprint density at radius 2 is 1.68 bits per heavy atom. The lowest BCUT2D eigenvalue weighted by Crippen LogP contribution is -2.51. The summed E-state index contributed by atoms with van der Waals surface area (Å²) in [5.41, 5.74) is 5.41. The largest absolute Gasteiger partial charge is 0.444 e. The maximum absolute atomic E-state index is 14.6. The van der Waals surface area contributed by atoms with Crippen molar-refractivity contribution in [2.24, 2.45) is 12.8 Å². The first-order valence-electron chi connectivity index (χ1n) is 19.9. The number of hydrogen-bond acceptors (Lipinski definition) is 9. The van der Waals surface area contributed by atoms with Crippen LogP contribution in [0.25, 0.3) is 28.1 Å². The lowest BCUT2D eigenvalue weighted by molar-refractivity contribution is -0.140. The number of nitrogens with zero attached hydrogens (tertiary/aromatic N) is 8. The van der Waals surface area contributed by atoms with Crippen LogP contribution in [-0.2, 0) is 40.6 Å². The fourth-order valence-electron chi connectivity index (χ4n) is 6.76. The van der Waals surface area contributed by atoms with Crippen LogP contribution in [0.4, 0.5) is 23.7 Å². The molecule has 16 nitrogen and oxygen atoms in total. The standard InChI is InChI=1S/C41H50ClF3N10O6Si/c1-40(2,3)61-39(59)53-16-14-52(15-17-53)38(58)27-10-8-25(20-29(27)42)48-37(57)36-47-22-32(51(36)4)28-23-55(50-35(28)41(43,44)45)34-13-11-31-30(49-34)21-26(9-12-33(46)56)54(31)24-60-18-19-62(5,6)7/h8,10-11,13,20-23H,9,12,14-19,24H2,1-7H3,(H2,46,56)(H,48,57). The van der Waals surface area contributed by atoms with E-state index in [0.29, 0.717) is 24.1 Å². The number of amides is 4. The Hall–Kier alpha value is -5.73. The summed E-state index contributed by atoms with van der Waals surface area (Å²) in [6.45, 7) is 13.9. The van der Waals surface area contributed by atoms with E-state index < -0.39 is 43.5 Å². The highest BCUT2D eigenvalue weighted by Gasteiger charge is 2.39. The number of piperazine rings is 1. The zero-order valence-corrected chi connectivity index (χ0v) is 37.4. The molecule has 3 N–H and O–H groups in total. The van der Waals surface area contributed by atoms with Crippen molar-refractivity contribution in [3.05, 3.63) is 76.6 Å². The van der Waals surface area contributed by atoms with Gasteiger partial charge in [-0.25, -0.2) is 19.4 Å². The molecule has 62 heavy (non-hydrogen) atoms. The average molecular weight is 899 g/mol. The van der Waals surface area contributed by atoms with Crippen LogP contribution in [0.5, 0.6) is 0 Å². The highest BCUT2D eigenvalue weighted by atomic mass is 35.5. The summed E-state index contributed by atoms with van der Waals surface area (Å²) in [5.74, 6) is -1.71. The molecule has 5 aromatic rings. The van der Waals surface area contributed by atoms with Crippen LogP contribution >= 0.6 is 11.6 Å². The molecule has 0 aliphatic carbocycles. The van der Waals surface area contributed by atoms with Crippen LogP contribution in [0, 0.1) is 0 Å². The van der Waals surface area contributed by atoms with Gasteiger partial charge in [0.25, 0.3) is 11.8 Å². The molecule has 332 valence electrons. The topological polar surface area (TPSA) is 185 Å². The summed E-state index contributed by atoms with van der Waals surface area (Å²) >= 11 is 6.51. The Labute approximate surface area is 362 Å². The third kappa shape index (κ3) is 10.8. The third-order valence-corrected chi connectivity index (χ3v) is 12.1. The van der Waals surface area contributed by atoms with Crippen LogP contribution in [0.1, 0.15) is 59.6 Å². The van der Waals surface area contributed by atoms with Crippen molar-refractivity contribution in [2.45, 2.75) is 77.8 Å². The highest BCUT2D eigenvalue weighted by Crippen LogP contribution is 2.37. The monoisotopic (exact) mass is 898 g/mol. The van der Waals surface area contributed by atoms with Crippen molar-refractivity contribution in [1.82, 2.24) is 38.7 Å². The van der Waals surface area contributed by atoms with Crippen LogP contribution < -0.4 is 11.1 Å². The minimum absolute atomic E-state index is 0.0455. The number of aromatic nitrogens is 6. The number of pyridine rings is 1. The number of nitrogens with two attached hydrogens (primary N) is 1. The summed E-state index contributed by atoms with van der Waals surface area (Å²) in [6.07, 6.45) is -2.63. The molecular formula is C41H50ClF3N10O6Si. The number of ether oxygens (including phenoxy) is 2. The van der Waals surface area contributed by atoms with Gasteiger partial charge in [-0.3, -0.25) is 14.4 Å². The van der Waals surface area contributed by atoms with Crippen molar-refractivity contribution < 1.29 is 41.8 Å². The Kier molecular flexibility index (Phi) is 13.2. The predicted octanol–water partition coefficient (Wildman–Crippen LogP) is 6.97. The van der Waals surface area contributed by atoms with Gasteiger partial charge in [0.2, 0.25) is 5.91 Å². The molecule has 4 aromatic heterocycles. The number of hydrogen-bond donors (Lipinski definition) is 2. The molecule has 5 heterocycles. The summed E-state index contributed by atoms with van der Waals surface area (Å²) in [4.78, 5) is 62.7. The number of carbonyl (C=O) groups is 4. The fourth-order valence-corrected chi connectivity index (χ4v) is 7.77. The second kappa shape index (κ2) is 17.9. The summed E-state index contributed by atoms with van der Waals surface area (Å²) in [6, 6.07) is 10.3. The van der Waals surface area contributed by atoms with E-state index in [1.165, 1.54) is 47.0 Å². The number of anilines is 1. The van der Waals surface area contributed by atoms with Gasteiger partial charge in [0, 0.05) is 71.9 Å². The summed E-state index contributed by atoms with van der Waals surface area (Å²) < 4.78 is 59.2. The molecule has 1 aliphatic rings. The Morgan fingerprint density at radius 1 is 0.984 bits per heavy atom. The first-order chi connectivity index (χ1) is 29.0. The van der Waals surface area contributed by atoms with E-state index in [-0.39, 0.29) is 84.4 Å². The number of halogens is 4. The summed E-state index contributed by atoms with van der Waals surface area (Å²) in [5, 5.41) is 6.59. The number of benzene rings is 1. The van der Waals surface area contributed by atoms with E-state index >= 15 is 0 Å². The molecule has 1 aromatic carbocycles. The Balaban J connectivity index is 1.19. The van der Waals surface area contributed by atoms with Gasteiger partial charge >= 0.3 is 12.3 Å². The second-order valence-electron chi connectivity index (χ2n) is 17.2. The molecule has 1 fully saturated rings. The maximum atomic E-state index is 14.6. The Bertz CT molecular complexity index is 2500. The molecule has 0 atom stereocenters.